The highest BCUT2D eigenvalue weighted by Crippen LogP contribution is 2.24. The fourth-order valence-corrected chi connectivity index (χ4v) is 0.577. The fraction of sp³-hybridized carbons (Fsp3) is 0.800. The number of carboxylic acid groups (broad SMARTS) is 1. The summed E-state index contributed by atoms with van der Waals surface area (Å²) in [5.41, 5.74) is -0.861. The van der Waals surface area contributed by atoms with Gasteiger partial charge in [-0.25, -0.2) is 4.79 Å². The molecule has 0 aromatic heterocycles. The van der Waals surface area contributed by atoms with Crippen LogP contribution < -0.4 is 0 Å². The smallest absolute Gasteiger partial charge is 0.335 e. The molecule has 8 heavy (non-hydrogen) atoms. The van der Waals surface area contributed by atoms with Crippen molar-refractivity contribution in [2.75, 3.05) is 6.61 Å². The molecule has 0 aliphatic carbocycles. The second-order valence-electron chi connectivity index (χ2n) is 2.13. The van der Waals surface area contributed by atoms with Crippen molar-refractivity contribution in [3.8, 4) is 0 Å². The molecule has 0 aromatic carbocycles. The molecule has 1 aliphatic heterocycles. The van der Waals surface area contributed by atoms with E-state index < -0.39 is 11.6 Å². The summed E-state index contributed by atoms with van der Waals surface area (Å²) in [5.74, 6) is -0.858. The predicted molar refractivity (Wildman–Crippen MR) is 26.6 cm³/mol. The van der Waals surface area contributed by atoms with Crippen molar-refractivity contribution in [1.29, 1.82) is 0 Å². The maximum absolute atomic E-state index is 10.2. The lowest BCUT2D eigenvalue weighted by Crippen LogP contribution is -2.47. The lowest BCUT2D eigenvalue weighted by Gasteiger charge is -2.33. The second-order valence-corrected chi connectivity index (χ2v) is 2.13. The summed E-state index contributed by atoms with van der Waals surface area (Å²) < 4.78 is 4.78. The van der Waals surface area contributed by atoms with Gasteiger partial charge in [-0.2, -0.15) is 0 Å². The summed E-state index contributed by atoms with van der Waals surface area (Å²) in [6.45, 7) is 2.17. The maximum Gasteiger partial charge on any atom is 0.335 e. The molecule has 0 bridgehead atoms. The van der Waals surface area contributed by atoms with Gasteiger partial charge in [0.2, 0.25) is 0 Å². The van der Waals surface area contributed by atoms with E-state index >= 15 is 0 Å². The van der Waals surface area contributed by atoms with Gasteiger partial charge >= 0.3 is 5.97 Å². The Labute approximate surface area is 47.3 Å². The van der Waals surface area contributed by atoms with Gasteiger partial charge in [0.25, 0.3) is 0 Å². The largest absolute Gasteiger partial charge is 0.479 e. The summed E-state index contributed by atoms with van der Waals surface area (Å²) in [7, 11) is 0. The van der Waals surface area contributed by atoms with E-state index in [2.05, 4.69) is 0 Å². The SMILES string of the molecule is C[C@@]1(C(=O)O)CCO1. The molecule has 3 heteroatoms. The molecular formula is C5H8O3. The Morgan fingerprint density at radius 3 is 2.38 bits per heavy atom. The number of aliphatic carboxylic acids is 1. The summed E-state index contributed by atoms with van der Waals surface area (Å²) in [4.78, 5) is 10.2. The molecule has 0 spiro atoms. The molecule has 1 heterocycles. The third kappa shape index (κ3) is 0.591. The predicted octanol–water partition coefficient (Wildman–Crippen LogP) is 0.250. The standard InChI is InChI=1S/C5H8O3/c1-5(4(6)7)2-3-8-5/h2-3H2,1H3,(H,6,7)/t5-/m0/s1. The van der Waals surface area contributed by atoms with Crippen LogP contribution in [0.15, 0.2) is 0 Å². The van der Waals surface area contributed by atoms with Gasteiger partial charge in [-0.05, 0) is 6.92 Å². The zero-order valence-corrected chi connectivity index (χ0v) is 4.68. The number of rotatable bonds is 1. The molecule has 0 amide bonds. The van der Waals surface area contributed by atoms with Crippen LogP contribution in [0.25, 0.3) is 0 Å². The summed E-state index contributed by atoms with van der Waals surface area (Å²) in [6.07, 6.45) is 0.641. The zero-order valence-electron chi connectivity index (χ0n) is 4.68. The molecule has 3 nitrogen and oxygen atoms in total. The van der Waals surface area contributed by atoms with E-state index in [-0.39, 0.29) is 0 Å². The molecule has 0 saturated carbocycles. The minimum atomic E-state index is -0.861. The molecule has 1 atom stereocenters. The van der Waals surface area contributed by atoms with Gasteiger partial charge in [0.05, 0.1) is 6.61 Å². The van der Waals surface area contributed by atoms with E-state index in [1.165, 1.54) is 0 Å². The lowest BCUT2D eigenvalue weighted by molar-refractivity contribution is -0.188. The Balaban J connectivity index is 2.53. The molecule has 1 N–H and O–H groups in total. The quantitative estimate of drug-likeness (QED) is 0.534. The van der Waals surface area contributed by atoms with Crippen molar-refractivity contribution < 1.29 is 14.6 Å². The van der Waals surface area contributed by atoms with Crippen molar-refractivity contribution in [3.63, 3.8) is 0 Å². The molecule has 1 rings (SSSR count). The van der Waals surface area contributed by atoms with Crippen LogP contribution in [0.2, 0.25) is 0 Å². The first-order valence-corrected chi connectivity index (χ1v) is 2.52. The number of ether oxygens (including phenoxy) is 1. The summed E-state index contributed by atoms with van der Waals surface area (Å²) in [6, 6.07) is 0. The third-order valence-corrected chi connectivity index (χ3v) is 1.45. The molecule has 1 fully saturated rings. The lowest BCUT2D eigenvalue weighted by atomic mass is 9.98. The zero-order chi connectivity index (χ0) is 6.20. The highest BCUT2D eigenvalue weighted by Gasteiger charge is 2.40. The molecule has 0 aromatic rings. The topological polar surface area (TPSA) is 46.5 Å². The third-order valence-electron chi connectivity index (χ3n) is 1.45. The monoisotopic (exact) mass is 116 g/mol. The van der Waals surface area contributed by atoms with E-state index in [0.29, 0.717) is 13.0 Å². The van der Waals surface area contributed by atoms with Crippen LogP contribution in [0.4, 0.5) is 0 Å². The van der Waals surface area contributed by atoms with Crippen molar-refractivity contribution in [2.45, 2.75) is 18.9 Å². The molecule has 0 radical (unpaired) electrons. The Hall–Kier alpha value is -0.570. The van der Waals surface area contributed by atoms with Crippen LogP contribution in [0.5, 0.6) is 0 Å². The van der Waals surface area contributed by atoms with E-state index in [1.807, 2.05) is 0 Å². The van der Waals surface area contributed by atoms with Gasteiger partial charge < -0.3 is 9.84 Å². The van der Waals surface area contributed by atoms with Crippen LogP contribution >= 0.6 is 0 Å². The summed E-state index contributed by atoms with van der Waals surface area (Å²) in [5, 5.41) is 8.37. The van der Waals surface area contributed by atoms with Crippen LogP contribution in [-0.4, -0.2) is 23.3 Å². The van der Waals surface area contributed by atoms with Gasteiger partial charge in [0, 0.05) is 6.42 Å². The normalized spacial score (nSPS) is 36.1. The highest BCUT2D eigenvalue weighted by atomic mass is 16.5. The Morgan fingerprint density at radius 2 is 2.38 bits per heavy atom. The van der Waals surface area contributed by atoms with Crippen LogP contribution in [0, 0.1) is 0 Å². The molecule has 1 aliphatic rings. The van der Waals surface area contributed by atoms with Crippen molar-refractivity contribution in [1.82, 2.24) is 0 Å². The van der Waals surface area contributed by atoms with Crippen LogP contribution in [0.1, 0.15) is 13.3 Å². The maximum atomic E-state index is 10.2. The van der Waals surface area contributed by atoms with E-state index in [0.717, 1.165) is 0 Å². The van der Waals surface area contributed by atoms with E-state index in [1.54, 1.807) is 6.92 Å². The second kappa shape index (κ2) is 1.45. The number of hydrogen-bond acceptors (Lipinski definition) is 2. The van der Waals surface area contributed by atoms with Crippen LogP contribution in [0.3, 0.4) is 0 Å². The number of carboxylic acids is 1. The fourth-order valence-electron chi connectivity index (χ4n) is 0.577. The first-order valence-electron chi connectivity index (χ1n) is 2.52. The summed E-state index contributed by atoms with van der Waals surface area (Å²) >= 11 is 0. The molecule has 1 saturated heterocycles. The Bertz CT molecular complexity index is 115. The van der Waals surface area contributed by atoms with Gasteiger partial charge in [0.15, 0.2) is 5.60 Å². The van der Waals surface area contributed by atoms with Crippen molar-refractivity contribution >= 4 is 5.97 Å². The van der Waals surface area contributed by atoms with Crippen molar-refractivity contribution in [2.24, 2.45) is 0 Å². The van der Waals surface area contributed by atoms with Crippen molar-refractivity contribution in [3.05, 3.63) is 0 Å². The average Bonchev–Trinajstić information content (AvgIpc) is 1.60. The number of carbonyl (C=O) groups is 1. The first-order chi connectivity index (χ1) is 3.65. The molecule has 46 valence electrons. The van der Waals surface area contributed by atoms with E-state index in [9.17, 15) is 4.79 Å². The molecular weight excluding hydrogens is 108 g/mol. The first kappa shape index (κ1) is 5.56. The number of hydrogen-bond donors (Lipinski definition) is 1. The Morgan fingerprint density at radius 1 is 1.88 bits per heavy atom. The van der Waals surface area contributed by atoms with Crippen LogP contribution in [-0.2, 0) is 9.53 Å². The highest BCUT2D eigenvalue weighted by molar-refractivity contribution is 5.77. The molecule has 0 unspecified atom stereocenters. The average molecular weight is 116 g/mol. The minimum absolute atomic E-state index is 0.586. The van der Waals surface area contributed by atoms with Gasteiger partial charge in [-0.3, -0.25) is 0 Å². The van der Waals surface area contributed by atoms with E-state index in [4.69, 9.17) is 9.84 Å². The minimum Gasteiger partial charge on any atom is -0.479 e. The van der Waals surface area contributed by atoms with Gasteiger partial charge in [-0.15, -0.1) is 0 Å². The van der Waals surface area contributed by atoms with Gasteiger partial charge in [-0.1, -0.05) is 0 Å². The van der Waals surface area contributed by atoms with Gasteiger partial charge in [0.1, 0.15) is 0 Å². The Kier molecular flexibility index (Phi) is 1.01.